The van der Waals surface area contributed by atoms with Gasteiger partial charge in [-0.3, -0.25) is 4.79 Å². The number of hydrogen-bond acceptors (Lipinski definition) is 2. The molecule has 0 bridgehead atoms. The lowest BCUT2D eigenvalue weighted by Crippen LogP contribution is -2.08. The Kier molecular flexibility index (Phi) is 5.94. The summed E-state index contributed by atoms with van der Waals surface area (Å²) in [6.45, 7) is 0. The molecule has 2 nitrogen and oxygen atoms in total. The van der Waals surface area contributed by atoms with Gasteiger partial charge in [0.05, 0.1) is 5.69 Å². The molecule has 0 aliphatic rings. The predicted octanol–water partition coefficient (Wildman–Crippen LogP) is 6.14. The molecule has 0 spiro atoms. The Morgan fingerprint density at radius 1 is 0.880 bits per heavy atom. The number of benzene rings is 3. The molecule has 0 atom stereocenters. The number of halogens is 1. The van der Waals surface area contributed by atoms with Crippen LogP contribution in [0.2, 0.25) is 5.02 Å². The largest absolute Gasteiger partial charge is 0.321 e. The van der Waals surface area contributed by atoms with Crippen molar-refractivity contribution in [3.63, 3.8) is 0 Å². The van der Waals surface area contributed by atoms with Gasteiger partial charge in [-0.15, -0.1) is 0 Å². The van der Waals surface area contributed by atoms with Gasteiger partial charge in [-0.05, 0) is 42.0 Å². The highest BCUT2D eigenvalue weighted by atomic mass is 35.5. The van der Waals surface area contributed by atoms with E-state index in [9.17, 15) is 4.79 Å². The fraction of sp³-hybridized carbons (Fsp3) is 0. The van der Waals surface area contributed by atoms with Gasteiger partial charge in [-0.2, -0.15) is 0 Å². The third kappa shape index (κ3) is 4.99. The van der Waals surface area contributed by atoms with Crippen LogP contribution in [0.1, 0.15) is 5.56 Å². The van der Waals surface area contributed by atoms with Crippen molar-refractivity contribution in [3.05, 3.63) is 95.5 Å². The van der Waals surface area contributed by atoms with Gasteiger partial charge in [-0.1, -0.05) is 71.9 Å². The van der Waals surface area contributed by atoms with E-state index in [1.54, 1.807) is 23.9 Å². The Hall–Kier alpha value is -2.49. The Labute approximate surface area is 156 Å². The third-order valence-electron chi connectivity index (χ3n) is 3.44. The van der Waals surface area contributed by atoms with Crippen LogP contribution in [0, 0.1) is 0 Å². The van der Waals surface area contributed by atoms with E-state index in [-0.39, 0.29) is 5.91 Å². The van der Waals surface area contributed by atoms with Crippen LogP contribution in [0.25, 0.3) is 6.08 Å². The maximum absolute atomic E-state index is 12.3. The lowest BCUT2D eigenvalue weighted by molar-refractivity contribution is -0.111. The highest BCUT2D eigenvalue weighted by Crippen LogP contribution is 2.33. The van der Waals surface area contributed by atoms with Gasteiger partial charge >= 0.3 is 0 Å². The third-order valence-corrected chi connectivity index (χ3v) is 4.86. The fourth-order valence-corrected chi connectivity index (χ4v) is 3.35. The van der Waals surface area contributed by atoms with Crippen molar-refractivity contribution < 1.29 is 4.79 Å². The Balaban J connectivity index is 1.72. The monoisotopic (exact) mass is 365 g/mol. The predicted molar refractivity (Wildman–Crippen MR) is 106 cm³/mol. The number of para-hydroxylation sites is 1. The van der Waals surface area contributed by atoms with Crippen LogP contribution in [0.3, 0.4) is 0 Å². The molecule has 0 radical (unpaired) electrons. The summed E-state index contributed by atoms with van der Waals surface area (Å²) >= 11 is 7.71. The summed E-state index contributed by atoms with van der Waals surface area (Å²) in [6.07, 6.45) is 3.20. The summed E-state index contributed by atoms with van der Waals surface area (Å²) < 4.78 is 0. The molecule has 0 saturated heterocycles. The second-order valence-electron chi connectivity index (χ2n) is 5.26. The van der Waals surface area contributed by atoms with Crippen molar-refractivity contribution in [2.24, 2.45) is 0 Å². The molecule has 4 heteroatoms. The minimum Gasteiger partial charge on any atom is -0.321 e. The van der Waals surface area contributed by atoms with Gasteiger partial charge in [0.15, 0.2) is 0 Å². The number of hydrogen-bond donors (Lipinski definition) is 1. The fourth-order valence-electron chi connectivity index (χ4n) is 2.22. The molecule has 124 valence electrons. The minimum atomic E-state index is -0.193. The van der Waals surface area contributed by atoms with Crippen molar-refractivity contribution in [1.82, 2.24) is 0 Å². The molecule has 3 rings (SSSR count). The van der Waals surface area contributed by atoms with Crippen LogP contribution in [-0.4, -0.2) is 5.91 Å². The van der Waals surface area contributed by atoms with Crippen LogP contribution >= 0.6 is 23.4 Å². The average Bonchev–Trinajstić information content (AvgIpc) is 2.64. The van der Waals surface area contributed by atoms with Crippen LogP contribution in [0.4, 0.5) is 5.69 Å². The van der Waals surface area contributed by atoms with E-state index in [2.05, 4.69) is 5.32 Å². The highest BCUT2D eigenvalue weighted by Gasteiger charge is 2.06. The van der Waals surface area contributed by atoms with Crippen LogP contribution < -0.4 is 5.32 Å². The zero-order valence-corrected chi connectivity index (χ0v) is 14.9. The molecular weight excluding hydrogens is 350 g/mol. The molecular formula is C21H16ClNOS. The second kappa shape index (κ2) is 8.56. The Bertz CT molecular complexity index is 893. The van der Waals surface area contributed by atoms with E-state index in [1.165, 1.54) is 6.08 Å². The Morgan fingerprint density at radius 3 is 2.36 bits per heavy atom. The molecule has 0 unspecified atom stereocenters. The zero-order chi connectivity index (χ0) is 17.5. The van der Waals surface area contributed by atoms with Crippen LogP contribution in [0.5, 0.6) is 0 Å². The summed E-state index contributed by atoms with van der Waals surface area (Å²) in [5, 5.41) is 3.55. The number of nitrogens with one attached hydrogen (secondary N) is 1. The molecule has 3 aromatic rings. The van der Waals surface area contributed by atoms with E-state index in [0.717, 1.165) is 21.0 Å². The smallest absolute Gasteiger partial charge is 0.248 e. The molecule has 0 aliphatic heterocycles. The standard InChI is InChI=1S/C21H16ClNOS/c22-18-11-5-4-8-16(18)14-15-21(24)23-19-12-6-7-13-20(19)25-17-9-2-1-3-10-17/h1-15H,(H,23,24)/b15-14+. The zero-order valence-electron chi connectivity index (χ0n) is 13.4. The summed E-state index contributed by atoms with van der Waals surface area (Å²) in [4.78, 5) is 14.4. The quantitative estimate of drug-likeness (QED) is 0.550. The van der Waals surface area contributed by atoms with E-state index < -0.39 is 0 Å². The molecule has 0 heterocycles. The molecule has 25 heavy (non-hydrogen) atoms. The molecule has 3 aromatic carbocycles. The molecule has 0 aromatic heterocycles. The normalized spacial score (nSPS) is 10.8. The van der Waals surface area contributed by atoms with Crippen molar-refractivity contribution >= 4 is 41.0 Å². The average molecular weight is 366 g/mol. The van der Waals surface area contributed by atoms with Crippen molar-refractivity contribution in [2.45, 2.75) is 9.79 Å². The lowest BCUT2D eigenvalue weighted by Gasteiger charge is -2.09. The SMILES string of the molecule is O=C(/C=C/c1ccccc1Cl)Nc1ccccc1Sc1ccccc1. The summed E-state index contributed by atoms with van der Waals surface area (Å²) in [7, 11) is 0. The molecule has 0 fully saturated rings. The van der Waals surface area contributed by atoms with E-state index in [1.807, 2.05) is 72.8 Å². The maximum Gasteiger partial charge on any atom is 0.248 e. The molecule has 0 aliphatic carbocycles. The highest BCUT2D eigenvalue weighted by molar-refractivity contribution is 7.99. The molecule has 1 N–H and O–H groups in total. The van der Waals surface area contributed by atoms with Gasteiger partial charge in [0.25, 0.3) is 0 Å². The first-order valence-corrected chi connectivity index (χ1v) is 8.97. The second-order valence-corrected chi connectivity index (χ2v) is 6.78. The van der Waals surface area contributed by atoms with E-state index in [4.69, 9.17) is 11.6 Å². The first-order chi connectivity index (χ1) is 12.2. The summed E-state index contributed by atoms with van der Waals surface area (Å²) in [5.41, 5.74) is 1.59. The number of amides is 1. The van der Waals surface area contributed by atoms with E-state index >= 15 is 0 Å². The number of carbonyl (C=O) groups excluding carboxylic acids is 1. The minimum absolute atomic E-state index is 0.193. The van der Waals surface area contributed by atoms with Crippen molar-refractivity contribution in [2.75, 3.05) is 5.32 Å². The maximum atomic E-state index is 12.3. The van der Waals surface area contributed by atoms with Crippen LogP contribution in [0.15, 0.2) is 94.7 Å². The lowest BCUT2D eigenvalue weighted by atomic mass is 10.2. The molecule has 1 amide bonds. The van der Waals surface area contributed by atoms with Gasteiger partial charge < -0.3 is 5.32 Å². The van der Waals surface area contributed by atoms with Gasteiger partial charge in [0.1, 0.15) is 0 Å². The van der Waals surface area contributed by atoms with Crippen molar-refractivity contribution in [1.29, 1.82) is 0 Å². The van der Waals surface area contributed by atoms with E-state index in [0.29, 0.717) is 5.02 Å². The summed E-state index contributed by atoms with van der Waals surface area (Å²) in [6, 6.07) is 25.2. The number of rotatable bonds is 5. The Morgan fingerprint density at radius 2 is 1.56 bits per heavy atom. The van der Waals surface area contributed by atoms with Gasteiger partial charge in [-0.25, -0.2) is 0 Å². The number of anilines is 1. The summed E-state index contributed by atoms with van der Waals surface area (Å²) in [5.74, 6) is -0.193. The number of carbonyl (C=O) groups is 1. The van der Waals surface area contributed by atoms with Crippen molar-refractivity contribution in [3.8, 4) is 0 Å². The first-order valence-electron chi connectivity index (χ1n) is 7.78. The van der Waals surface area contributed by atoms with Crippen LogP contribution in [-0.2, 0) is 4.79 Å². The first kappa shape index (κ1) is 17.3. The van der Waals surface area contributed by atoms with Gasteiger partial charge in [0, 0.05) is 20.9 Å². The topological polar surface area (TPSA) is 29.1 Å². The molecule has 0 saturated carbocycles. The van der Waals surface area contributed by atoms with Gasteiger partial charge in [0.2, 0.25) is 5.91 Å².